The van der Waals surface area contributed by atoms with E-state index in [2.05, 4.69) is 10.6 Å². The molecule has 150 valence electrons. The average Bonchev–Trinajstić information content (AvgIpc) is 2.68. The molecule has 6 nitrogen and oxygen atoms in total. The number of anilines is 2. The molecule has 0 spiro atoms. The summed E-state index contributed by atoms with van der Waals surface area (Å²) in [5.41, 5.74) is 0.0644. The summed E-state index contributed by atoms with van der Waals surface area (Å²) in [5, 5.41) is 4.85. The van der Waals surface area contributed by atoms with Gasteiger partial charge in [0.2, 0.25) is 11.8 Å². The molecule has 0 aliphatic carbocycles. The molecular formula is C19H20F3N3O3. The first-order chi connectivity index (χ1) is 13.3. The Bertz CT molecular complexity index is 862. The predicted octanol–water partition coefficient (Wildman–Crippen LogP) is 3.01. The van der Waals surface area contributed by atoms with Gasteiger partial charge >= 0.3 is 0 Å². The van der Waals surface area contributed by atoms with Gasteiger partial charge in [0.05, 0.1) is 25.9 Å². The minimum atomic E-state index is -1.66. The zero-order valence-electron chi connectivity index (χ0n) is 15.4. The molecule has 0 aromatic heterocycles. The van der Waals surface area contributed by atoms with E-state index in [-0.39, 0.29) is 19.0 Å². The minimum Gasteiger partial charge on any atom is -0.497 e. The van der Waals surface area contributed by atoms with Crippen LogP contribution in [0.2, 0.25) is 0 Å². The summed E-state index contributed by atoms with van der Waals surface area (Å²) in [6.07, 6.45) is 0. The number of ether oxygens (including phenoxy) is 1. The maximum atomic E-state index is 13.6. The second-order valence-corrected chi connectivity index (χ2v) is 5.85. The highest BCUT2D eigenvalue weighted by atomic mass is 19.2. The van der Waals surface area contributed by atoms with Crippen molar-refractivity contribution in [1.29, 1.82) is 0 Å². The summed E-state index contributed by atoms with van der Waals surface area (Å²) in [6, 6.07) is 8.43. The van der Waals surface area contributed by atoms with Crippen molar-refractivity contribution >= 4 is 23.2 Å². The summed E-state index contributed by atoms with van der Waals surface area (Å²) >= 11 is 0. The molecule has 2 aromatic rings. The molecule has 0 radical (unpaired) electrons. The Morgan fingerprint density at radius 2 is 1.68 bits per heavy atom. The van der Waals surface area contributed by atoms with Crippen LogP contribution in [0.4, 0.5) is 24.5 Å². The van der Waals surface area contributed by atoms with Crippen molar-refractivity contribution in [3.05, 3.63) is 53.8 Å². The summed E-state index contributed by atoms with van der Waals surface area (Å²) in [4.78, 5) is 25.8. The van der Waals surface area contributed by atoms with E-state index in [9.17, 15) is 22.8 Å². The molecule has 0 aliphatic rings. The van der Waals surface area contributed by atoms with Crippen molar-refractivity contribution < 1.29 is 27.5 Å². The van der Waals surface area contributed by atoms with Gasteiger partial charge in [-0.25, -0.2) is 13.2 Å². The fourth-order valence-corrected chi connectivity index (χ4v) is 2.40. The van der Waals surface area contributed by atoms with Crippen molar-refractivity contribution in [3.8, 4) is 5.75 Å². The summed E-state index contributed by atoms with van der Waals surface area (Å²) in [7, 11) is 1.51. The zero-order chi connectivity index (χ0) is 20.7. The van der Waals surface area contributed by atoms with Gasteiger partial charge in [-0.3, -0.25) is 14.5 Å². The second-order valence-electron chi connectivity index (χ2n) is 5.85. The molecule has 0 saturated heterocycles. The summed E-state index contributed by atoms with van der Waals surface area (Å²) in [5.74, 6) is -4.93. The number of likely N-dealkylation sites (N-methyl/N-ethyl adjacent to an activating group) is 1. The highest BCUT2D eigenvalue weighted by molar-refractivity contribution is 5.94. The molecule has 0 bridgehead atoms. The van der Waals surface area contributed by atoms with Gasteiger partial charge in [-0.05, 0) is 30.8 Å². The van der Waals surface area contributed by atoms with E-state index >= 15 is 0 Å². The first-order valence-electron chi connectivity index (χ1n) is 8.43. The van der Waals surface area contributed by atoms with Gasteiger partial charge in [-0.2, -0.15) is 0 Å². The monoisotopic (exact) mass is 395 g/mol. The number of carbonyl (C=O) groups is 2. The van der Waals surface area contributed by atoms with Gasteiger partial charge in [-0.1, -0.05) is 13.0 Å². The van der Waals surface area contributed by atoms with Gasteiger partial charge < -0.3 is 15.4 Å². The summed E-state index contributed by atoms with van der Waals surface area (Å²) in [6.45, 7) is 1.77. The number of nitrogens with zero attached hydrogens (tertiary/aromatic N) is 1. The third kappa shape index (κ3) is 5.71. The number of benzene rings is 2. The quantitative estimate of drug-likeness (QED) is 0.674. The number of nitrogens with one attached hydrogen (secondary N) is 2. The SMILES string of the molecule is CCN(CC(=O)Nc1cccc(OC)c1)CC(=O)Nc1ccc(F)c(F)c1F. The largest absolute Gasteiger partial charge is 0.497 e. The topological polar surface area (TPSA) is 70.7 Å². The lowest BCUT2D eigenvalue weighted by molar-refractivity contribution is -0.119. The molecule has 2 N–H and O–H groups in total. The van der Waals surface area contributed by atoms with Crippen molar-refractivity contribution in [2.75, 3.05) is 37.4 Å². The number of amides is 2. The Morgan fingerprint density at radius 3 is 2.32 bits per heavy atom. The number of methoxy groups -OCH3 is 1. The molecule has 2 aromatic carbocycles. The van der Waals surface area contributed by atoms with Crippen LogP contribution in [0.1, 0.15) is 6.92 Å². The van der Waals surface area contributed by atoms with Crippen LogP contribution in [0.25, 0.3) is 0 Å². The maximum absolute atomic E-state index is 13.6. The number of rotatable bonds is 8. The first-order valence-corrected chi connectivity index (χ1v) is 8.43. The van der Waals surface area contributed by atoms with E-state index in [0.29, 0.717) is 24.0 Å². The lowest BCUT2D eigenvalue weighted by Crippen LogP contribution is -2.38. The van der Waals surface area contributed by atoms with Crippen LogP contribution >= 0.6 is 0 Å². The second kappa shape index (κ2) is 9.75. The van der Waals surface area contributed by atoms with E-state index < -0.39 is 29.0 Å². The molecular weight excluding hydrogens is 375 g/mol. The minimum absolute atomic E-state index is 0.0958. The number of hydrogen-bond donors (Lipinski definition) is 2. The molecule has 9 heteroatoms. The molecule has 0 heterocycles. The van der Waals surface area contributed by atoms with Gasteiger partial charge in [-0.15, -0.1) is 0 Å². The predicted molar refractivity (Wildman–Crippen MR) is 98.7 cm³/mol. The van der Waals surface area contributed by atoms with Crippen LogP contribution in [0, 0.1) is 17.5 Å². The van der Waals surface area contributed by atoms with Crippen molar-refractivity contribution in [1.82, 2.24) is 4.90 Å². The Balaban J connectivity index is 1.93. The number of halogens is 3. The molecule has 28 heavy (non-hydrogen) atoms. The van der Waals surface area contributed by atoms with Gasteiger partial charge in [0.25, 0.3) is 0 Å². The Morgan fingerprint density at radius 1 is 1.00 bits per heavy atom. The molecule has 0 aliphatic heterocycles. The highest BCUT2D eigenvalue weighted by Crippen LogP contribution is 2.19. The van der Waals surface area contributed by atoms with Crippen LogP contribution in [-0.4, -0.2) is 43.5 Å². The van der Waals surface area contributed by atoms with E-state index in [1.165, 1.54) is 12.0 Å². The number of carbonyl (C=O) groups excluding carboxylic acids is 2. The lowest BCUT2D eigenvalue weighted by atomic mass is 10.2. The van der Waals surface area contributed by atoms with Crippen LogP contribution in [0.5, 0.6) is 5.75 Å². The van der Waals surface area contributed by atoms with E-state index in [1.807, 2.05) is 0 Å². The zero-order valence-corrected chi connectivity index (χ0v) is 15.4. The fourth-order valence-electron chi connectivity index (χ4n) is 2.40. The van der Waals surface area contributed by atoms with Crippen molar-refractivity contribution in [3.63, 3.8) is 0 Å². The van der Waals surface area contributed by atoms with E-state index in [4.69, 9.17) is 4.74 Å². The van der Waals surface area contributed by atoms with Gasteiger partial charge in [0.15, 0.2) is 17.5 Å². The molecule has 0 unspecified atom stereocenters. The van der Waals surface area contributed by atoms with Crippen LogP contribution in [0.15, 0.2) is 36.4 Å². The van der Waals surface area contributed by atoms with Crippen molar-refractivity contribution in [2.24, 2.45) is 0 Å². The fraction of sp³-hybridized carbons (Fsp3) is 0.263. The maximum Gasteiger partial charge on any atom is 0.238 e. The standard InChI is InChI=1S/C19H20F3N3O3/c1-3-25(10-16(26)23-12-5-4-6-13(9-12)28-2)11-17(27)24-15-8-7-14(20)18(21)19(15)22/h4-9H,3,10-11H2,1-2H3,(H,23,26)(H,24,27). The Hall–Kier alpha value is -3.07. The van der Waals surface area contributed by atoms with Crippen LogP contribution in [0.3, 0.4) is 0 Å². The van der Waals surface area contributed by atoms with Gasteiger partial charge in [0, 0.05) is 11.8 Å². The lowest BCUT2D eigenvalue weighted by Gasteiger charge is -2.19. The van der Waals surface area contributed by atoms with E-state index in [0.717, 1.165) is 6.07 Å². The van der Waals surface area contributed by atoms with Crippen LogP contribution < -0.4 is 15.4 Å². The third-order valence-corrected chi connectivity index (χ3v) is 3.84. The highest BCUT2D eigenvalue weighted by Gasteiger charge is 2.18. The molecule has 0 fully saturated rings. The molecule has 2 rings (SSSR count). The van der Waals surface area contributed by atoms with Gasteiger partial charge in [0.1, 0.15) is 5.75 Å². The average molecular weight is 395 g/mol. The third-order valence-electron chi connectivity index (χ3n) is 3.84. The molecule has 0 atom stereocenters. The van der Waals surface area contributed by atoms with Crippen LogP contribution in [-0.2, 0) is 9.59 Å². The normalized spacial score (nSPS) is 10.6. The smallest absolute Gasteiger partial charge is 0.238 e. The first kappa shape index (κ1) is 21.2. The number of hydrogen-bond acceptors (Lipinski definition) is 4. The molecule has 2 amide bonds. The van der Waals surface area contributed by atoms with E-state index in [1.54, 1.807) is 31.2 Å². The van der Waals surface area contributed by atoms with Crippen molar-refractivity contribution in [2.45, 2.75) is 6.92 Å². The summed E-state index contributed by atoms with van der Waals surface area (Å²) < 4.78 is 44.9. The Kier molecular flexibility index (Phi) is 7.39. The Labute approximate surface area is 160 Å². The molecule has 0 saturated carbocycles.